The second-order valence-corrected chi connectivity index (χ2v) is 8.90. The zero-order chi connectivity index (χ0) is 24.2. The molecule has 1 unspecified atom stereocenters. The van der Waals surface area contributed by atoms with Crippen molar-refractivity contribution in [2.24, 2.45) is 0 Å². The summed E-state index contributed by atoms with van der Waals surface area (Å²) in [4.78, 5) is 38.7. The molecule has 0 spiro atoms. The number of aromatic nitrogens is 1. The fourth-order valence-electron chi connectivity index (χ4n) is 4.64. The molecule has 1 aromatic heterocycles. The van der Waals surface area contributed by atoms with E-state index >= 15 is 0 Å². The number of benzene rings is 2. The number of hydrogen-bond donors (Lipinski definition) is 2. The Bertz CT molecular complexity index is 1270. The minimum atomic E-state index is -0.554. The van der Waals surface area contributed by atoms with Crippen molar-refractivity contribution in [3.05, 3.63) is 75.7 Å². The number of amides is 2. The number of rotatable bonds is 6. The lowest BCUT2D eigenvalue weighted by atomic mass is 9.95. The van der Waals surface area contributed by atoms with Crippen molar-refractivity contribution >= 4 is 22.6 Å². The van der Waals surface area contributed by atoms with Gasteiger partial charge in [-0.3, -0.25) is 14.4 Å². The molecule has 0 radical (unpaired) electrons. The number of nitrogens with zero attached hydrogens (tertiary/aromatic N) is 1. The molecule has 1 saturated carbocycles. The molecule has 2 amide bonds. The second kappa shape index (κ2) is 10.1. The molecule has 1 heterocycles. The molecule has 1 aliphatic carbocycles. The Morgan fingerprint density at radius 2 is 1.62 bits per heavy atom. The van der Waals surface area contributed by atoms with E-state index in [2.05, 4.69) is 10.6 Å². The maximum absolute atomic E-state index is 13.2. The van der Waals surface area contributed by atoms with Crippen LogP contribution in [0.25, 0.3) is 10.8 Å². The summed E-state index contributed by atoms with van der Waals surface area (Å²) in [6.45, 7) is 1.88. The zero-order valence-corrected chi connectivity index (χ0v) is 19.9. The fourth-order valence-corrected chi connectivity index (χ4v) is 4.64. The summed E-state index contributed by atoms with van der Waals surface area (Å²) in [6, 6.07) is 11.6. The Hall–Kier alpha value is -3.61. The fraction of sp³-hybridized carbons (Fsp3) is 0.370. The highest BCUT2D eigenvalue weighted by Gasteiger charge is 2.23. The van der Waals surface area contributed by atoms with Crippen molar-refractivity contribution in [1.29, 1.82) is 0 Å². The third-order valence-corrected chi connectivity index (χ3v) is 6.68. The van der Waals surface area contributed by atoms with Crippen LogP contribution in [0.5, 0.6) is 5.75 Å². The first-order chi connectivity index (χ1) is 16.4. The second-order valence-electron chi connectivity index (χ2n) is 8.90. The van der Waals surface area contributed by atoms with Crippen molar-refractivity contribution in [1.82, 2.24) is 15.2 Å². The van der Waals surface area contributed by atoms with E-state index in [4.69, 9.17) is 4.74 Å². The number of fused-ring (bicyclic) bond motifs is 1. The van der Waals surface area contributed by atoms with Crippen LogP contribution in [0.2, 0.25) is 0 Å². The summed E-state index contributed by atoms with van der Waals surface area (Å²) in [5.41, 5.74) is 0.347. The van der Waals surface area contributed by atoms with Gasteiger partial charge in [-0.15, -0.1) is 0 Å². The smallest absolute Gasteiger partial charge is 0.257 e. The van der Waals surface area contributed by atoms with E-state index < -0.39 is 17.2 Å². The summed E-state index contributed by atoms with van der Waals surface area (Å²) in [7, 11) is 3.12. The van der Waals surface area contributed by atoms with Crippen molar-refractivity contribution in [3.8, 4) is 5.75 Å². The Labute approximate surface area is 199 Å². The Kier molecular flexibility index (Phi) is 7.01. The predicted octanol–water partition coefficient (Wildman–Crippen LogP) is 4.37. The molecule has 2 aromatic carbocycles. The highest BCUT2D eigenvalue weighted by molar-refractivity contribution is 5.99. The quantitative estimate of drug-likeness (QED) is 0.571. The number of pyridine rings is 1. The lowest BCUT2D eigenvalue weighted by Crippen LogP contribution is -2.36. The normalized spacial score (nSPS) is 15.0. The highest BCUT2D eigenvalue weighted by atomic mass is 16.5. The van der Waals surface area contributed by atoms with E-state index in [0.29, 0.717) is 0 Å². The first kappa shape index (κ1) is 23.5. The van der Waals surface area contributed by atoms with Gasteiger partial charge in [0.2, 0.25) is 5.43 Å². The van der Waals surface area contributed by atoms with Crippen LogP contribution in [0.4, 0.5) is 0 Å². The van der Waals surface area contributed by atoms with Crippen LogP contribution in [0.3, 0.4) is 0 Å². The van der Waals surface area contributed by atoms with Crippen LogP contribution in [-0.4, -0.2) is 30.5 Å². The molecular formula is C27H31N3O4. The van der Waals surface area contributed by atoms with Crippen LogP contribution in [0.1, 0.15) is 77.4 Å². The molecule has 2 N–H and O–H groups in total. The van der Waals surface area contributed by atoms with Gasteiger partial charge >= 0.3 is 0 Å². The van der Waals surface area contributed by atoms with E-state index in [1.54, 1.807) is 19.5 Å². The maximum atomic E-state index is 13.2. The van der Waals surface area contributed by atoms with Gasteiger partial charge in [0.1, 0.15) is 16.9 Å². The van der Waals surface area contributed by atoms with Gasteiger partial charge in [0.25, 0.3) is 11.8 Å². The molecule has 0 aliphatic heterocycles. The number of nitrogens with one attached hydrogen (secondary N) is 2. The molecule has 1 fully saturated rings. The largest absolute Gasteiger partial charge is 0.497 e. The van der Waals surface area contributed by atoms with Gasteiger partial charge in [-0.05, 0) is 54.3 Å². The Balaban J connectivity index is 1.63. The van der Waals surface area contributed by atoms with Crippen molar-refractivity contribution in [3.63, 3.8) is 0 Å². The van der Waals surface area contributed by atoms with Crippen LogP contribution < -0.4 is 20.8 Å². The lowest BCUT2D eigenvalue weighted by Gasteiger charge is -2.25. The minimum absolute atomic E-state index is 0.00645. The third-order valence-electron chi connectivity index (χ3n) is 6.68. The average Bonchev–Trinajstić information content (AvgIpc) is 2.88. The van der Waals surface area contributed by atoms with Crippen molar-refractivity contribution in [2.45, 2.75) is 51.1 Å². The van der Waals surface area contributed by atoms with Gasteiger partial charge in [0.15, 0.2) is 0 Å². The molecule has 0 saturated heterocycles. The lowest BCUT2D eigenvalue weighted by molar-refractivity contribution is 0.0937. The van der Waals surface area contributed by atoms with Gasteiger partial charge in [-0.1, -0.05) is 37.5 Å². The SMILES string of the molecule is CNC(=O)c1cn(C2CCCCC2)cc(C(=O)NC(C)c2ccc3cc(OC)ccc3c2)c1=O. The number of methoxy groups -OCH3 is 1. The Morgan fingerprint density at radius 3 is 2.29 bits per heavy atom. The van der Waals surface area contributed by atoms with Crippen LogP contribution in [0.15, 0.2) is 53.6 Å². The monoisotopic (exact) mass is 461 g/mol. The van der Waals surface area contributed by atoms with E-state index in [9.17, 15) is 14.4 Å². The molecule has 7 heteroatoms. The van der Waals surface area contributed by atoms with E-state index in [0.717, 1.165) is 47.8 Å². The molecule has 3 aromatic rings. The maximum Gasteiger partial charge on any atom is 0.257 e. The van der Waals surface area contributed by atoms with Gasteiger partial charge in [-0.25, -0.2) is 0 Å². The summed E-state index contributed by atoms with van der Waals surface area (Å²) < 4.78 is 7.17. The zero-order valence-electron chi connectivity index (χ0n) is 19.9. The molecule has 0 bridgehead atoms. The molecule has 7 nitrogen and oxygen atoms in total. The standard InChI is InChI=1S/C27H31N3O4/c1-17(18-9-10-20-14-22(34-3)12-11-19(20)13-18)29-27(33)24-16-30(21-7-5-4-6-8-21)15-23(25(24)31)26(32)28-2/h9-17,21H,4-8H2,1-3H3,(H,28,32)(H,29,33). The molecule has 1 atom stereocenters. The third kappa shape index (κ3) is 4.83. The van der Waals surface area contributed by atoms with E-state index in [1.165, 1.54) is 13.5 Å². The summed E-state index contributed by atoms with van der Waals surface area (Å²) in [5, 5.41) is 7.53. The number of carbonyl (C=O) groups excluding carboxylic acids is 2. The van der Waals surface area contributed by atoms with E-state index in [1.807, 2.05) is 47.9 Å². The highest BCUT2D eigenvalue weighted by Crippen LogP contribution is 2.28. The van der Waals surface area contributed by atoms with Crippen LogP contribution in [-0.2, 0) is 0 Å². The van der Waals surface area contributed by atoms with Crippen molar-refractivity contribution < 1.29 is 14.3 Å². The van der Waals surface area contributed by atoms with Gasteiger partial charge in [0.05, 0.1) is 13.2 Å². The number of ether oxygens (including phenoxy) is 1. The summed E-state index contributed by atoms with van der Waals surface area (Å²) in [6.07, 6.45) is 8.51. The Morgan fingerprint density at radius 1 is 0.971 bits per heavy atom. The van der Waals surface area contributed by atoms with Crippen LogP contribution in [0, 0.1) is 0 Å². The van der Waals surface area contributed by atoms with Gasteiger partial charge in [-0.2, -0.15) is 0 Å². The molecule has 1 aliphatic rings. The van der Waals surface area contributed by atoms with E-state index in [-0.39, 0.29) is 23.2 Å². The van der Waals surface area contributed by atoms with Gasteiger partial charge in [0, 0.05) is 25.5 Å². The molecular weight excluding hydrogens is 430 g/mol. The predicted molar refractivity (Wildman–Crippen MR) is 133 cm³/mol. The summed E-state index contributed by atoms with van der Waals surface area (Å²) >= 11 is 0. The van der Waals surface area contributed by atoms with Gasteiger partial charge < -0.3 is 19.9 Å². The summed E-state index contributed by atoms with van der Waals surface area (Å²) in [5.74, 6) is -0.184. The topological polar surface area (TPSA) is 89.4 Å². The number of hydrogen-bond acceptors (Lipinski definition) is 4. The molecule has 34 heavy (non-hydrogen) atoms. The first-order valence-electron chi connectivity index (χ1n) is 11.8. The molecule has 178 valence electrons. The minimum Gasteiger partial charge on any atom is -0.497 e. The van der Waals surface area contributed by atoms with Crippen LogP contribution >= 0.6 is 0 Å². The van der Waals surface area contributed by atoms with Crippen molar-refractivity contribution in [2.75, 3.05) is 14.2 Å². The molecule has 4 rings (SSSR count). The first-order valence-corrected chi connectivity index (χ1v) is 11.8. The average molecular weight is 462 g/mol. The number of carbonyl (C=O) groups is 2.